The number of carbonyl (C=O) groups excluding carboxylic acids is 1. The average molecular weight is 374 g/mol. The van der Waals surface area contributed by atoms with Crippen molar-refractivity contribution in [1.29, 1.82) is 0 Å². The molecule has 2 heteroatoms. The van der Waals surface area contributed by atoms with Gasteiger partial charge in [0.2, 0.25) is 5.91 Å². The highest BCUT2D eigenvalue weighted by Gasteiger charge is 2.20. The van der Waals surface area contributed by atoms with Gasteiger partial charge in [0.15, 0.2) is 0 Å². The van der Waals surface area contributed by atoms with Crippen LogP contribution in [-0.4, -0.2) is 22.9 Å². The van der Waals surface area contributed by atoms with Crippen molar-refractivity contribution in [2.45, 2.75) is 59.0 Å². The van der Waals surface area contributed by atoms with Gasteiger partial charge in [-0.2, -0.15) is 0 Å². The van der Waals surface area contributed by atoms with Crippen LogP contribution < -0.4 is 0 Å². The summed E-state index contributed by atoms with van der Waals surface area (Å²) in [5.74, 6) is 0.0930. The molecule has 28 heavy (non-hydrogen) atoms. The van der Waals surface area contributed by atoms with E-state index in [1.54, 1.807) is 6.08 Å². The Morgan fingerprint density at radius 2 is 1.57 bits per heavy atom. The molecular weight excluding hydrogens is 342 g/mol. The molecule has 1 aliphatic rings. The van der Waals surface area contributed by atoms with Crippen LogP contribution in [0.15, 0.2) is 72.3 Å². The number of aryl methyl sites for hydroxylation is 1. The molecule has 3 rings (SSSR count). The summed E-state index contributed by atoms with van der Waals surface area (Å²) >= 11 is 0. The van der Waals surface area contributed by atoms with Crippen molar-refractivity contribution in [2.75, 3.05) is 0 Å². The molecular formula is C26H31NO. The molecule has 2 nitrogen and oxygen atoms in total. The number of hydrogen-bond donors (Lipinski definition) is 0. The Balaban J connectivity index is 1.96. The summed E-state index contributed by atoms with van der Waals surface area (Å²) in [5, 5.41) is 0. The Kier molecular flexibility index (Phi) is 6.51. The molecule has 0 fully saturated rings. The molecule has 0 unspecified atom stereocenters. The summed E-state index contributed by atoms with van der Waals surface area (Å²) in [6.45, 7) is 8.29. The Labute approximate surface area is 169 Å². The maximum absolute atomic E-state index is 12.8. The topological polar surface area (TPSA) is 20.3 Å². The molecule has 0 N–H and O–H groups in total. The zero-order chi connectivity index (χ0) is 20.1. The van der Waals surface area contributed by atoms with Gasteiger partial charge in [0, 0.05) is 18.2 Å². The first kappa shape index (κ1) is 20.1. The molecule has 1 aliphatic carbocycles. The summed E-state index contributed by atoms with van der Waals surface area (Å²) in [6.07, 6.45) is 6.74. The first-order chi connectivity index (χ1) is 13.5. The maximum atomic E-state index is 12.8. The van der Waals surface area contributed by atoms with Gasteiger partial charge in [0.25, 0.3) is 0 Å². The fourth-order valence-corrected chi connectivity index (χ4v) is 4.18. The van der Waals surface area contributed by atoms with E-state index in [0.29, 0.717) is 0 Å². The molecule has 0 heterocycles. The fraction of sp³-hybridized carbons (Fsp3) is 0.346. The van der Waals surface area contributed by atoms with Crippen LogP contribution in [0.3, 0.4) is 0 Å². The van der Waals surface area contributed by atoms with Crippen molar-refractivity contribution >= 4 is 11.5 Å². The van der Waals surface area contributed by atoms with Crippen molar-refractivity contribution in [2.24, 2.45) is 0 Å². The zero-order valence-electron chi connectivity index (χ0n) is 17.5. The molecule has 2 aromatic carbocycles. The average Bonchev–Trinajstić information content (AvgIpc) is 2.67. The lowest BCUT2D eigenvalue weighted by Gasteiger charge is -2.29. The summed E-state index contributed by atoms with van der Waals surface area (Å²) < 4.78 is 0. The predicted molar refractivity (Wildman–Crippen MR) is 118 cm³/mol. The zero-order valence-corrected chi connectivity index (χ0v) is 17.5. The number of benzene rings is 2. The highest BCUT2D eigenvalue weighted by atomic mass is 16.2. The predicted octanol–water partition coefficient (Wildman–Crippen LogP) is 5.83. The van der Waals surface area contributed by atoms with E-state index < -0.39 is 0 Å². The van der Waals surface area contributed by atoms with E-state index in [1.807, 2.05) is 4.90 Å². The van der Waals surface area contributed by atoms with Gasteiger partial charge in [-0.3, -0.25) is 4.79 Å². The van der Waals surface area contributed by atoms with E-state index in [4.69, 9.17) is 0 Å². The van der Waals surface area contributed by atoms with Crippen molar-refractivity contribution in [1.82, 2.24) is 4.90 Å². The van der Waals surface area contributed by atoms with Crippen LogP contribution in [0.2, 0.25) is 0 Å². The molecule has 1 amide bonds. The minimum Gasteiger partial charge on any atom is -0.334 e. The van der Waals surface area contributed by atoms with Gasteiger partial charge in [-0.15, -0.1) is 0 Å². The maximum Gasteiger partial charge on any atom is 0.247 e. The summed E-state index contributed by atoms with van der Waals surface area (Å²) in [4.78, 5) is 14.7. The second-order valence-electron chi connectivity index (χ2n) is 8.09. The van der Waals surface area contributed by atoms with Crippen LogP contribution in [0.5, 0.6) is 0 Å². The van der Waals surface area contributed by atoms with Crippen LogP contribution in [0.4, 0.5) is 0 Å². The highest BCUT2D eigenvalue weighted by Crippen LogP contribution is 2.34. The van der Waals surface area contributed by atoms with E-state index in [1.165, 1.54) is 27.8 Å². The number of rotatable bonds is 6. The van der Waals surface area contributed by atoms with Gasteiger partial charge in [0.05, 0.1) is 0 Å². The van der Waals surface area contributed by atoms with Crippen molar-refractivity contribution in [3.63, 3.8) is 0 Å². The van der Waals surface area contributed by atoms with Gasteiger partial charge in [-0.25, -0.2) is 0 Å². The molecule has 146 valence electrons. The third kappa shape index (κ3) is 4.62. The molecule has 0 saturated carbocycles. The smallest absolute Gasteiger partial charge is 0.247 e. The van der Waals surface area contributed by atoms with Crippen molar-refractivity contribution in [3.05, 3.63) is 89.0 Å². The molecule has 0 spiro atoms. The number of allylic oxidation sites excluding steroid dienone is 3. The first-order valence-corrected chi connectivity index (χ1v) is 10.3. The van der Waals surface area contributed by atoms with Gasteiger partial charge in [0.1, 0.15) is 0 Å². The first-order valence-electron chi connectivity index (χ1n) is 10.3. The molecule has 2 aromatic rings. The second-order valence-corrected chi connectivity index (χ2v) is 8.09. The lowest BCUT2D eigenvalue weighted by atomic mass is 9.82. The Morgan fingerprint density at radius 1 is 0.929 bits per heavy atom. The van der Waals surface area contributed by atoms with Crippen molar-refractivity contribution < 1.29 is 4.79 Å². The van der Waals surface area contributed by atoms with Crippen LogP contribution in [0.1, 0.15) is 50.8 Å². The normalized spacial score (nSPS) is 14.1. The van der Waals surface area contributed by atoms with Crippen LogP contribution in [0.25, 0.3) is 5.57 Å². The van der Waals surface area contributed by atoms with Crippen LogP contribution in [0, 0.1) is 0 Å². The largest absolute Gasteiger partial charge is 0.334 e. The van der Waals surface area contributed by atoms with E-state index in [-0.39, 0.29) is 18.0 Å². The molecule has 0 atom stereocenters. The third-order valence-corrected chi connectivity index (χ3v) is 5.41. The van der Waals surface area contributed by atoms with Crippen molar-refractivity contribution in [3.8, 4) is 0 Å². The Bertz CT molecular complexity index is 866. The summed E-state index contributed by atoms with van der Waals surface area (Å²) in [6, 6.07) is 19.7. The standard InChI is InChI=1S/C26H31NO/c1-19(2)27(20(3)4)26(28)17-16-23-15-14-22-12-8-9-13-24(22)25(23)18-21-10-6-5-7-11-21/h5-13,16-17,19-20H,14-15,18H2,1-4H3. The van der Waals surface area contributed by atoms with Gasteiger partial charge in [-0.05, 0) is 74.8 Å². The molecule has 0 aliphatic heterocycles. The molecule has 0 aromatic heterocycles. The number of hydrogen-bond acceptors (Lipinski definition) is 1. The minimum absolute atomic E-state index is 0.0930. The number of nitrogens with zero attached hydrogens (tertiary/aromatic N) is 1. The number of carbonyl (C=O) groups is 1. The highest BCUT2D eigenvalue weighted by molar-refractivity contribution is 5.89. The summed E-state index contributed by atoms with van der Waals surface area (Å²) in [7, 11) is 0. The Hall–Kier alpha value is -2.61. The quantitative estimate of drug-likeness (QED) is 0.583. The van der Waals surface area contributed by atoms with Gasteiger partial charge >= 0.3 is 0 Å². The van der Waals surface area contributed by atoms with Gasteiger partial charge < -0.3 is 4.90 Å². The van der Waals surface area contributed by atoms with E-state index in [2.05, 4.69) is 88.4 Å². The van der Waals surface area contributed by atoms with Crippen LogP contribution >= 0.6 is 0 Å². The fourth-order valence-electron chi connectivity index (χ4n) is 4.18. The number of amides is 1. The van der Waals surface area contributed by atoms with Crippen LogP contribution in [-0.2, 0) is 17.6 Å². The van der Waals surface area contributed by atoms with E-state index in [0.717, 1.165) is 19.3 Å². The SMILES string of the molecule is CC(C)N(C(=O)C=CC1=C(Cc2ccccc2)c2ccccc2CC1)C(C)C. The third-order valence-electron chi connectivity index (χ3n) is 5.41. The lowest BCUT2D eigenvalue weighted by Crippen LogP contribution is -2.41. The number of fused-ring (bicyclic) bond motifs is 1. The Morgan fingerprint density at radius 3 is 2.25 bits per heavy atom. The van der Waals surface area contributed by atoms with E-state index in [9.17, 15) is 4.79 Å². The molecule has 0 saturated heterocycles. The second kappa shape index (κ2) is 9.05. The van der Waals surface area contributed by atoms with E-state index >= 15 is 0 Å². The molecule has 0 bridgehead atoms. The molecule has 0 radical (unpaired) electrons. The monoisotopic (exact) mass is 373 g/mol. The lowest BCUT2D eigenvalue weighted by molar-refractivity contribution is -0.129. The summed E-state index contributed by atoms with van der Waals surface area (Å²) in [5.41, 5.74) is 6.66. The minimum atomic E-state index is 0.0930. The van der Waals surface area contributed by atoms with Gasteiger partial charge in [-0.1, -0.05) is 60.7 Å².